The van der Waals surface area contributed by atoms with Crippen molar-refractivity contribution in [2.24, 2.45) is 5.73 Å². The summed E-state index contributed by atoms with van der Waals surface area (Å²) < 4.78 is 0. The number of nitrogens with two attached hydrogens (primary N) is 1. The van der Waals surface area contributed by atoms with Crippen LogP contribution in [0, 0.1) is 0 Å². The van der Waals surface area contributed by atoms with Gasteiger partial charge in [0, 0.05) is 6.54 Å². The number of carbonyl (C=O) groups is 1. The molecule has 0 aromatic heterocycles. The number of carbonyl (C=O) groups excluding carboxylic acids is 1. The van der Waals surface area contributed by atoms with E-state index in [2.05, 4.69) is 17.0 Å². The first-order valence-corrected chi connectivity index (χ1v) is 5.84. The molecule has 1 fully saturated rings. The smallest absolute Gasteiger partial charge is 0.234 e. The fourth-order valence-corrected chi connectivity index (χ4v) is 2.33. The highest BCUT2D eigenvalue weighted by Crippen LogP contribution is 2.17. The van der Waals surface area contributed by atoms with E-state index < -0.39 is 0 Å². The SMILES string of the molecule is NC(=O)[C@@H]1CCCN1CCc1ccccc1. The molecule has 0 radical (unpaired) electrons. The quantitative estimate of drug-likeness (QED) is 0.825. The summed E-state index contributed by atoms with van der Waals surface area (Å²) in [6.45, 7) is 1.93. The summed E-state index contributed by atoms with van der Waals surface area (Å²) in [6, 6.07) is 10.3. The summed E-state index contributed by atoms with van der Waals surface area (Å²) in [5.74, 6) is -0.175. The van der Waals surface area contributed by atoms with Gasteiger partial charge in [-0.3, -0.25) is 9.69 Å². The molecule has 1 saturated heterocycles. The molecule has 2 rings (SSSR count). The Morgan fingerprint density at radius 1 is 1.38 bits per heavy atom. The van der Waals surface area contributed by atoms with Gasteiger partial charge in [-0.2, -0.15) is 0 Å². The van der Waals surface area contributed by atoms with Crippen molar-refractivity contribution in [3.05, 3.63) is 35.9 Å². The number of nitrogens with zero attached hydrogens (tertiary/aromatic N) is 1. The Morgan fingerprint density at radius 3 is 2.81 bits per heavy atom. The van der Waals surface area contributed by atoms with Crippen LogP contribution in [0.5, 0.6) is 0 Å². The zero-order valence-corrected chi connectivity index (χ0v) is 9.43. The van der Waals surface area contributed by atoms with Crippen LogP contribution in [0.15, 0.2) is 30.3 Å². The fourth-order valence-electron chi connectivity index (χ4n) is 2.33. The van der Waals surface area contributed by atoms with Crippen LogP contribution in [0.4, 0.5) is 0 Å². The molecule has 1 aliphatic heterocycles. The van der Waals surface area contributed by atoms with Crippen LogP contribution in [-0.2, 0) is 11.2 Å². The third-order valence-corrected chi connectivity index (χ3v) is 3.22. The van der Waals surface area contributed by atoms with E-state index in [0.29, 0.717) is 0 Å². The van der Waals surface area contributed by atoms with Gasteiger partial charge < -0.3 is 5.73 Å². The standard InChI is InChI=1S/C13H18N2O/c14-13(16)12-7-4-9-15(12)10-8-11-5-2-1-3-6-11/h1-3,5-6,12H,4,7-10H2,(H2,14,16)/t12-/m0/s1. The van der Waals surface area contributed by atoms with Crippen molar-refractivity contribution in [2.75, 3.05) is 13.1 Å². The largest absolute Gasteiger partial charge is 0.368 e. The van der Waals surface area contributed by atoms with Gasteiger partial charge in [0.25, 0.3) is 0 Å². The highest BCUT2D eigenvalue weighted by Gasteiger charge is 2.28. The van der Waals surface area contributed by atoms with E-state index in [1.54, 1.807) is 0 Å². The van der Waals surface area contributed by atoms with E-state index in [9.17, 15) is 4.79 Å². The molecule has 16 heavy (non-hydrogen) atoms. The van der Waals surface area contributed by atoms with Crippen molar-refractivity contribution in [1.29, 1.82) is 0 Å². The van der Waals surface area contributed by atoms with Crippen molar-refractivity contribution in [3.8, 4) is 0 Å². The van der Waals surface area contributed by atoms with E-state index >= 15 is 0 Å². The van der Waals surface area contributed by atoms with Gasteiger partial charge in [-0.15, -0.1) is 0 Å². The maximum Gasteiger partial charge on any atom is 0.234 e. The molecule has 1 aliphatic rings. The van der Waals surface area contributed by atoms with E-state index in [1.807, 2.05) is 18.2 Å². The molecule has 1 amide bonds. The number of benzene rings is 1. The molecule has 0 spiro atoms. The lowest BCUT2D eigenvalue weighted by molar-refractivity contribution is -0.122. The van der Waals surface area contributed by atoms with Crippen molar-refractivity contribution in [3.63, 3.8) is 0 Å². The second-order valence-corrected chi connectivity index (χ2v) is 4.33. The highest BCUT2D eigenvalue weighted by atomic mass is 16.1. The number of hydrogen-bond donors (Lipinski definition) is 1. The zero-order valence-electron chi connectivity index (χ0n) is 9.43. The van der Waals surface area contributed by atoms with Gasteiger partial charge in [0.1, 0.15) is 0 Å². The minimum Gasteiger partial charge on any atom is -0.368 e. The Kier molecular flexibility index (Phi) is 3.57. The predicted octanol–water partition coefficient (Wildman–Crippen LogP) is 1.18. The molecule has 0 unspecified atom stereocenters. The van der Waals surface area contributed by atoms with E-state index in [1.165, 1.54) is 5.56 Å². The predicted molar refractivity (Wildman–Crippen MR) is 63.9 cm³/mol. The van der Waals surface area contributed by atoms with Crippen molar-refractivity contribution in [2.45, 2.75) is 25.3 Å². The molecule has 86 valence electrons. The van der Waals surface area contributed by atoms with Crippen molar-refractivity contribution in [1.82, 2.24) is 4.90 Å². The Morgan fingerprint density at radius 2 is 2.12 bits per heavy atom. The third kappa shape index (κ3) is 2.61. The monoisotopic (exact) mass is 218 g/mol. The molecule has 1 atom stereocenters. The zero-order chi connectivity index (χ0) is 11.4. The Balaban J connectivity index is 1.88. The van der Waals surface area contributed by atoms with Crippen LogP contribution in [-0.4, -0.2) is 29.9 Å². The summed E-state index contributed by atoms with van der Waals surface area (Å²) in [4.78, 5) is 13.4. The molecule has 0 bridgehead atoms. The first-order valence-electron chi connectivity index (χ1n) is 5.84. The minimum absolute atomic E-state index is 0.0382. The van der Waals surface area contributed by atoms with Gasteiger partial charge in [0.05, 0.1) is 6.04 Å². The number of primary amides is 1. The lowest BCUT2D eigenvalue weighted by atomic mass is 10.1. The summed E-state index contributed by atoms with van der Waals surface area (Å²) in [7, 11) is 0. The van der Waals surface area contributed by atoms with Crippen LogP contribution in [0.25, 0.3) is 0 Å². The molecule has 0 saturated carbocycles. The van der Waals surface area contributed by atoms with E-state index in [0.717, 1.165) is 32.4 Å². The van der Waals surface area contributed by atoms with Gasteiger partial charge in [0.15, 0.2) is 0 Å². The Hall–Kier alpha value is -1.35. The molecule has 2 N–H and O–H groups in total. The lowest BCUT2D eigenvalue weighted by Gasteiger charge is -2.21. The number of likely N-dealkylation sites (tertiary alicyclic amines) is 1. The first-order chi connectivity index (χ1) is 7.77. The van der Waals surface area contributed by atoms with Crippen LogP contribution >= 0.6 is 0 Å². The molecular formula is C13H18N2O. The van der Waals surface area contributed by atoms with Gasteiger partial charge >= 0.3 is 0 Å². The number of rotatable bonds is 4. The summed E-state index contributed by atoms with van der Waals surface area (Å²) in [5.41, 5.74) is 6.69. The Bertz CT molecular complexity index is 350. The minimum atomic E-state index is -0.175. The molecule has 3 heteroatoms. The van der Waals surface area contributed by atoms with Crippen LogP contribution in [0.1, 0.15) is 18.4 Å². The van der Waals surface area contributed by atoms with Crippen LogP contribution in [0.3, 0.4) is 0 Å². The summed E-state index contributed by atoms with van der Waals surface area (Å²) in [6.07, 6.45) is 3.00. The summed E-state index contributed by atoms with van der Waals surface area (Å²) in [5, 5.41) is 0. The third-order valence-electron chi connectivity index (χ3n) is 3.22. The topological polar surface area (TPSA) is 46.3 Å². The molecule has 1 heterocycles. The second-order valence-electron chi connectivity index (χ2n) is 4.33. The van der Waals surface area contributed by atoms with Gasteiger partial charge in [-0.25, -0.2) is 0 Å². The first kappa shape index (κ1) is 11.1. The molecular weight excluding hydrogens is 200 g/mol. The van der Waals surface area contributed by atoms with Crippen LogP contribution < -0.4 is 5.73 Å². The van der Waals surface area contributed by atoms with Gasteiger partial charge in [-0.05, 0) is 31.4 Å². The maximum atomic E-state index is 11.2. The normalized spacial score (nSPS) is 21.1. The highest BCUT2D eigenvalue weighted by molar-refractivity contribution is 5.80. The van der Waals surface area contributed by atoms with E-state index in [-0.39, 0.29) is 11.9 Å². The molecule has 3 nitrogen and oxygen atoms in total. The molecule has 1 aromatic carbocycles. The van der Waals surface area contributed by atoms with Gasteiger partial charge in [-0.1, -0.05) is 30.3 Å². The van der Waals surface area contributed by atoms with Crippen molar-refractivity contribution >= 4 is 5.91 Å². The van der Waals surface area contributed by atoms with Crippen molar-refractivity contribution < 1.29 is 4.79 Å². The average Bonchev–Trinajstić information content (AvgIpc) is 2.76. The molecule has 1 aromatic rings. The summed E-state index contributed by atoms with van der Waals surface area (Å²) >= 11 is 0. The number of amides is 1. The maximum absolute atomic E-state index is 11.2. The van der Waals surface area contributed by atoms with Crippen LogP contribution in [0.2, 0.25) is 0 Å². The lowest BCUT2D eigenvalue weighted by Crippen LogP contribution is -2.41. The van der Waals surface area contributed by atoms with Gasteiger partial charge in [0.2, 0.25) is 5.91 Å². The van der Waals surface area contributed by atoms with E-state index in [4.69, 9.17) is 5.73 Å². The average molecular weight is 218 g/mol. The fraction of sp³-hybridized carbons (Fsp3) is 0.462. The molecule has 0 aliphatic carbocycles. The second kappa shape index (κ2) is 5.12. The number of hydrogen-bond acceptors (Lipinski definition) is 2. The Labute approximate surface area is 96.2 Å².